The first-order valence-electron chi connectivity index (χ1n) is 11.3. The molecule has 0 radical (unpaired) electrons. The predicted molar refractivity (Wildman–Crippen MR) is 140 cm³/mol. The highest BCUT2D eigenvalue weighted by atomic mass is 79.9. The Labute approximate surface area is 215 Å². The number of rotatable bonds is 3. The summed E-state index contributed by atoms with van der Waals surface area (Å²) in [5.74, 6) is -1.60. The molecule has 35 heavy (non-hydrogen) atoms. The Bertz CT molecular complexity index is 1450. The molecule has 6 rings (SSSR count). The van der Waals surface area contributed by atoms with Crippen LogP contribution in [0.3, 0.4) is 0 Å². The van der Waals surface area contributed by atoms with Gasteiger partial charge in [0.15, 0.2) is 11.6 Å². The second-order valence-corrected chi connectivity index (χ2v) is 10.5. The van der Waals surface area contributed by atoms with Crippen LogP contribution in [0.2, 0.25) is 5.02 Å². The van der Waals surface area contributed by atoms with Gasteiger partial charge in [0.05, 0.1) is 18.0 Å². The lowest BCUT2D eigenvalue weighted by Gasteiger charge is -2.37. The van der Waals surface area contributed by atoms with Crippen molar-refractivity contribution >= 4 is 62.5 Å². The first-order chi connectivity index (χ1) is 16.8. The van der Waals surface area contributed by atoms with E-state index in [0.717, 1.165) is 21.3 Å². The summed E-state index contributed by atoms with van der Waals surface area (Å²) in [6.45, 7) is 1.50. The molecule has 3 aromatic rings. The Morgan fingerprint density at radius 1 is 1.06 bits per heavy atom. The van der Waals surface area contributed by atoms with Crippen molar-refractivity contribution in [2.75, 3.05) is 10.2 Å². The van der Waals surface area contributed by atoms with Gasteiger partial charge in [0, 0.05) is 26.4 Å². The normalized spacial score (nSPS) is 25.7. The molecule has 1 N–H and O–H groups in total. The summed E-state index contributed by atoms with van der Waals surface area (Å²) in [7, 11) is 0. The van der Waals surface area contributed by atoms with Gasteiger partial charge in [0.25, 0.3) is 0 Å². The molecule has 0 bridgehead atoms. The summed E-state index contributed by atoms with van der Waals surface area (Å²) in [4.78, 5) is 43.6. The van der Waals surface area contributed by atoms with Gasteiger partial charge in [-0.2, -0.15) is 0 Å². The molecule has 0 aliphatic carbocycles. The Balaban J connectivity index is 1.65. The molecule has 3 aliphatic rings. The minimum absolute atomic E-state index is 0.171. The number of hydrogen-bond donors (Lipinski definition) is 1. The van der Waals surface area contributed by atoms with E-state index in [1.165, 1.54) is 6.92 Å². The van der Waals surface area contributed by atoms with Gasteiger partial charge < -0.3 is 10.2 Å². The molecule has 0 saturated carbocycles. The van der Waals surface area contributed by atoms with Gasteiger partial charge in [0.1, 0.15) is 5.41 Å². The fraction of sp³-hybridized carbons (Fsp3) is 0.179. The Hall–Kier alpha value is -3.22. The van der Waals surface area contributed by atoms with Crippen LogP contribution in [0.1, 0.15) is 28.4 Å². The second kappa shape index (κ2) is 7.90. The number of nitrogens with one attached hydrogen (secondary N) is 1. The van der Waals surface area contributed by atoms with E-state index in [2.05, 4.69) is 21.2 Å². The number of carbonyl (C=O) groups excluding carboxylic acids is 3. The molecule has 3 aliphatic heterocycles. The number of anilines is 2. The van der Waals surface area contributed by atoms with E-state index >= 15 is 0 Å². The first kappa shape index (κ1) is 22.3. The maximum atomic E-state index is 14.3. The van der Waals surface area contributed by atoms with Crippen LogP contribution in [-0.2, 0) is 15.0 Å². The van der Waals surface area contributed by atoms with Crippen molar-refractivity contribution in [1.29, 1.82) is 0 Å². The maximum Gasteiger partial charge on any atom is 0.238 e. The van der Waals surface area contributed by atoms with Crippen LogP contribution in [0.25, 0.3) is 6.08 Å². The zero-order valence-electron chi connectivity index (χ0n) is 18.7. The number of halogens is 2. The zero-order chi connectivity index (χ0) is 24.5. The largest absolute Gasteiger partial charge is 0.352 e. The van der Waals surface area contributed by atoms with Crippen LogP contribution in [0.4, 0.5) is 11.4 Å². The number of fused-ring (bicyclic) bond motifs is 6. The van der Waals surface area contributed by atoms with Crippen molar-refractivity contribution in [3.63, 3.8) is 0 Å². The van der Waals surface area contributed by atoms with E-state index in [-0.39, 0.29) is 17.5 Å². The number of amides is 1. The molecule has 7 heteroatoms. The van der Waals surface area contributed by atoms with E-state index in [4.69, 9.17) is 11.6 Å². The Morgan fingerprint density at radius 2 is 1.80 bits per heavy atom. The molecule has 1 fully saturated rings. The van der Waals surface area contributed by atoms with Crippen LogP contribution < -0.4 is 10.2 Å². The van der Waals surface area contributed by atoms with Crippen molar-refractivity contribution in [2.45, 2.75) is 24.4 Å². The van der Waals surface area contributed by atoms with E-state index < -0.39 is 23.4 Å². The lowest BCUT2D eigenvalue weighted by Crippen LogP contribution is -2.51. The lowest BCUT2D eigenvalue weighted by molar-refractivity contribution is -0.122. The molecule has 1 amide bonds. The number of hydrogen-bond acceptors (Lipinski definition) is 4. The van der Waals surface area contributed by atoms with E-state index in [1.54, 1.807) is 30.3 Å². The van der Waals surface area contributed by atoms with Gasteiger partial charge in [-0.25, -0.2) is 0 Å². The molecule has 3 aromatic carbocycles. The van der Waals surface area contributed by atoms with Crippen molar-refractivity contribution < 1.29 is 14.4 Å². The van der Waals surface area contributed by atoms with E-state index in [1.807, 2.05) is 53.5 Å². The van der Waals surface area contributed by atoms with Crippen molar-refractivity contribution in [1.82, 2.24) is 0 Å². The zero-order valence-corrected chi connectivity index (χ0v) is 21.0. The third-order valence-corrected chi connectivity index (χ3v) is 8.19. The minimum Gasteiger partial charge on any atom is -0.352 e. The molecule has 0 aromatic heterocycles. The fourth-order valence-corrected chi connectivity index (χ4v) is 6.54. The third kappa shape index (κ3) is 3.03. The maximum absolute atomic E-state index is 14.3. The highest BCUT2D eigenvalue weighted by Crippen LogP contribution is 2.57. The molecule has 4 atom stereocenters. The van der Waals surface area contributed by atoms with Gasteiger partial charge in [-0.3, -0.25) is 14.4 Å². The SMILES string of the molecule is CC(=O)[C@@H]1[C@H](C(=O)c2ccc(Br)cc2)[C@]2(C(=O)Nc3ccccc32)[C@H]2C=Cc3cc(Cl)ccc3N12. The molecule has 1 spiro atoms. The lowest BCUT2D eigenvalue weighted by atomic mass is 9.64. The third-order valence-electron chi connectivity index (χ3n) is 7.42. The number of Topliss-reactive ketones (excluding diaryl/α,β-unsaturated/α-hetero) is 2. The Morgan fingerprint density at radius 3 is 2.54 bits per heavy atom. The van der Waals surface area contributed by atoms with Crippen molar-refractivity contribution in [3.05, 3.63) is 99.0 Å². The second-order valence-electron chi connectivity index (χ2n) is 9.19. The smallest absolute Gasteiger partial charge is 0.238 e. The number of carbonyl (C=O) groups is 3. The predicted octanol–water partition coefficient (Wildman–Crippen LogP) is 5.66. The monoisotopic (exact) mass is 546 g/mol. The van der Waals surface area contributed by atoms with Crippen molar-refractivity contribution in [2.24, 2.45) is 5.92 Å². The van der Waals surface area contributed by atoms with Crippen LogP contribution in [0.5, 0.6) is 0 Å². The standard InChI is InChI=1S/C28H20BrClN2O3/c1-15(33)25-24(26(34)16-6-9-18(29)10-7-16)28(20-4-2-3-5-21(20)31-27(28)35)23-13-8-17-14-19(30)11-12-22(17)32(23)25/h2-14,23-25H,1H3,(H,31,35)/t23-,24-,25-,28-/m1/s1. The summed E-state index contributed by atoms with van der Waals surface area (Å²) >= 11 is 9.68. The van der Waals surface area contributed by atoms with Gasteiger partial charge >= 0.3 is 0 Å². The molecular formula is C28H20BrClN2O3. The summed E-state index contributed by atoms with van der Waals surface area (Å²) < 4.78 is 0.841. The molecule has 0 unspecified atom stereocenters. The van der Waals surface area contributed by atoms with Gasteiger partial charge in [0.2, 0.25) is 5.91 Å². The quantitative estimate of drug-likeness (QED) is 0.430. The summed E-state index contributed by atoms with van der Waals surface area (Å²) in [5.41, 5.74) is 2.22. The summed E-state index contributed by atoms with van der Waals surface area (Å²) in [6.07, 6.45) is 3.87. The average Bonchev–Trinajstić information content (AvgIpc) is 3.32. The Kier molecular flexibility index (Phi) is 5.02. The average molecular weight is 548 g/mol. The van der Waals surface area contributed by atoms with Crippen LogP contribution in [0.15, 0.2) is 77.3 Å². The summed E-state index contributed by atoms with van der Waals surface area (Å²) in [6, 6.07) is 18.6. The van der Waals surface area contributed by atoms with E-state index in [9.17, 15) is 14.4 Å². The molecule has 174 valence electrons. The number of benzene rings is 3. The topological polar surface area (TPSA) is 66.5 Å². The molecular weight excluding hydrogens is 528 g/mol. The number of ketones is 2. The van der Waals surface area contributed by atoms with E-state index in [0.29, 0.717) is 16.3 Å². The highest BCUT2D eigenvalue weighted by Gasteiger charge is 2.69. The van der Waals surface area contributed by atoms with Crippen LogP contribution >= 0.6 is 27.5 Å². The molecule has 3 heterocycles. The highest BCUT2D eigenvalue weighted by molar-refractivity contribution is 9.10. The molecule has 1 saturated heterocycles. The first-order valence-corrected chi connectivity index (χ1v) is 12.5. The number of nitrogens with zero attached hydrogens (tertiary/aromatic N) is 1. The van der Waals surface area contributed by atoms with Gasteiger partial charge in [-0.05, 0) is 54.4 Å². The molecule has 5 nitrogen and oxygen atoms in total. The number of para-hydroxylation sites is 1. The van der Waals surface area contributed by atoms with Crippen molar-refractivity contribution in [3.8, 4) is 0 Å². The summed E-state index contributed by atoms with van der Waals surface area (Å²) in [5, 5.41) is 3.59. The van der Waals surface area contributed by atoms with Crippen LogP contribution in [-0.4, -0.2) is 29.6 Å². The minimum atomic E-state index is -1.27. The van der Waals surface area contributed by atoms with Gasteiger partial charge in [-0.15, -0.1) is 0 Å². The van der Waals surface area contributed by atoms with Crippen LogP contribution in [0, 0.1) is 5.92 Å². The van der Waals surface area contributed by atoms with Gasteiger partial charge in [-0.1, -0.05) is 70.0 Å². The fourth-order valence-electron chi connectivity index (χ4n) is 6.10.